The van der Waals surface area contributed by atoms with Gasteiger partial charge < -0.3 is 5.11 Å². The zero-order valence-corrected chi connectivity index (χ0v) is 11.9. The molecule has 0 fully saturated rings. The Morgan fingerprint density at radius 1 is 0.765 bits per heavy atom. The summed E-state index contributed by atoms with van der Waals surface area (Å²) in [4.78, 5) is 11.5. The Hall–Kier alpha value is -0.0200. The van der Waals surface area contributed by atoms with E-state index in [0.717, 1.165) is 57.1 Å². The van der Waals surface area contributed by atoms with Gasteiger partial charge in [0, 0.05) is 19.4 Å². The van der Waals surface area contributed by atoms with Crippen LogP contribution in [0.2, 0.25) is 0 Å². The number of carbonyl (C=O) groups excluding carboxylic acids is 1. The maximum absolute atomic E-state index is 11.5. The average Bonchev–Trinajstić information content (AvgIpc) is 2.33. The van der Waals surface area contributed by atoms with Crippen molar-refractivity contribution < 1.29 is 9.90 Å². The van der Waals surface area contributed by atoms with Gasteiger partial charge in [-0.2, -0.15) is 12.6 Å². The highest BCUT2D eigenvalue weighted by Crippen LogP contribution is 2.09. The van der Waals surface area contributed by atoms with Crippen LogP contribution in [0.4, 0.5) is 0 Å². The maximum Gasteiger partial charge on any atom is 0.132 e. The van der Waals surface area contributed by atoms with Gasteiger partial charge in [-0.1, -0.05) is 32.1 Å². The van der Waals surface area contributed by atoms with Crippen molar-refractivity contribution in [3.8, 4) is 0 Å². The van der Waals surface area contributed by atoms with Gasteiger partial charge in [-0.15, -0.1) is 0 Å². The van der Waals surface area contributed by atoms with Gasteiger partial charge >= 0.3 is 0 Å². The summed E-state index contributed by atoms with van der Waals surface area (Å²) in [6.45, 7) is 0.297. The van der Waals surface area contributed by atoms with Gasteiger partial charge in [-0.25, -0.2) is 0 Å². The third-order valence-corrected chi connectivity index (χ3v) is 3.29. The lowest BCUT2D eigenvalue weighted by atomic mass is 10.0. The van der Waals surface area contributed by atoms with E-state index in [2.05, 4.69) is 12.6 Å². The van der Waals surface area contributed by atoms with E-state index in [9.17, 15) is 4.79 Å². The first-order chi connectivity index (χ1) is 8.31. The lowest BCUT2D eigenvalue weighted by Gasteiger charge is -2.02. The van der Waals surface area contributed by atoms with Crippen LogP contribution in [0.1, 0.15) is 70.6 Å². The molecule has 0 aliphatic rings. The van der Waals surface area contributed by atoms with Crippen LogP contribution in [0.15, 0.2) is 0 Å². The number of hydrogen-bond donors (Lipinski definition) is 2. The van der Waals surface area contributed by atoms with Crippen LogP contribution in [-0.4, -0.2) is 23.2 Å². The first kappa shape index (κ1) is 17.0. The van der Waals surface area contributed by atoms with Crippen molar-refractivity contribution >= 4 is 18.4 Å². The molecule has 0 aromatic rings. The Kier molecular flexibility index (Phi) is 14.0. The van der Waals surface area contributed by atoms with Gasteiger partial charge in [0.05, 0.1) is 0 Å². The van der Waals surface area contributed by atoms with Gasteiger partial charge in [-0.05, 0) is 31.4 Å². The van der Waals surface area contributed by atoms with Crippen molar-refractivity contribution in [1.29, 1.82) is 0 Å². The van der Waals surface area contributed by atoms with Crippen molar-refractivity contribution in [1.82, 2.24) is 0 Å². The van der Waals surface area contributed by atoms with Crippen molar-refractivity contribution in [3.05, 3.63) is 0 Å². The van der Waals surface area contributed by atoms with Crippen LogP contribution in [0.25, 0.3) is 0 Å². The van der Waals surface area contributed by atoms with Crippen LogP contribution in [0.5, 0.6) is 0 Å². The summed E-state index contributed by atoms with van der Waals surface area (Å²) in [6, 6.07) is 0. The lowest BCUT2D eigenvalue weighted by Crippen LogP contribution is -1.97. The SMILES string of the molecule is O=C(CCCCCCS)CCCCCCCO. The van der Waals surface area contributed by atoms with Crippen molar-refractivity contribution in [3.63, 3.8) is 0 Å². The summed E-state index contributed by atoms with van der Waals surface area (Å²) >= 11 is 4.16. The molecule has 0 aliphatic carbocycles. The number of hydrogen-bond acceptors (Lipinski definition) is 3. The quantitative estimate of drug-likeness (QED) is 0.391. The summed E-state index contributed by atoms with van der Waals surface area (Å²) in [6.07, 6.45) is 11.4. The van der Waals surface area contributed by atoms with E-state index in [4.69, 9.17) is 5.11 Å². The lowest BCUT2D eigenvalue weighted by molar-refractivity contribution is -0.119. The molecular formula is C14H28O2S. The van der Waals surface area contributed by atoms with Gasteiger partial charge in [0.2, 0.25) is 0 Å². The molecule has 0 aromatic heterocycles. The van der Waals surface area contributed by atoms with Gasteiger partial charge in [-0.3, -0.25) is 4.79 Å². The fourth-order valence-electron chi connectivity index (χ4n) is 1.88. The number of unbranched alkanes of at least 4 members (excludes halogenated alkanes) is 7. The monoisotopic (exact) mass is 260 g/mol. The molecule has 0 amide bonds. The second-order valence-electron chi connectivity index (χ2n) is 4.67. The molecule has 0 radical (unpaired) electrons. The standard InChI is InChI=1S/C14H28O2S/c15-12-8-4-1-2-6-10-14(16)11-7-3-5-9-13-17/h15,17H,1-13H2. The number of rotatable bonds is 13. The zero-order valence-electron chi connectivity index (χ0n) is 11.0. The third kappa shape index (κ3) is 13.9. The molecule has 17 heavy (non-hydrogen) atoms. The third-order valence-electron chi connectivity index (χ3n) is 2.98. The number of ketones is 1. The Morgan fingerprint density at radius 3 is 1.76 bits per heavy atom. The molecule has 0 aliphatic heterocycles. The van der Waals surface area contributed by atoms with E-state index in [0.29, 0.717) is 12.4 Å². The van der Waals surface area contributed by atoms with Gasteiger partial charge in [0.1, 0.15) is 5.78 Å². The van der Waals surface area contributed by atoms with Gasteiger partial charge in [0.15, 0.2) is 0 Å². The second kappa shape index (κ2) is 14.0. The predicted octanol–water partition coefficient (Wildman–Crippen LogP) is 3.77. The minimum absolute atomic E-state index is 0.297. The Morgan fingerprint density at radius 2 is 1.24 bits per heavy atom. The summed E-state index contributed by atoms with van der Waals surface area (Å²) in [5, 5.41) is 8.61. The van der Waals surface area contributed by atoms with Crippen molar-refractivity contribution in [2.45, 2.75) is 70.6 Å². The molecule has 0 saturated carbocycles. The molecule has 2 nitrogen and oxygen atoms in total. The minimum atomic E-state index is 0.297. The molecule has 0 rings (SSSR count). The Bertz CT molecular complexity index is 172. The van der Waals surface area contributed by atoms with Gasteiger partial charge in [0.25, 0.3) is 0 Å². The van der Waals surface area contributed by atoms with E-state index in [1.807, 2.05) is 0 Å². The smallest absolute Gasteiger partial charge is 0.132 e. The molecule has 0 unspecified atom stereocenters. The first-order valence-corrected chi connectivity index (χ1v) is 7.68. The predicted molar refractivity (Wildman–Crippen MR) is 76.7 cm³/mol. The topological polar surface area (TPSA) is 37.3 Å². The summed E-state index contributed by atoms with van der Waals surface area (Å²) < 4.78 is 0. The maximum atomic E-state index is 11.5. The Balaban J connectivity index is 3.12. The first-order valence-electron chi connectivity index (χ1n) is 7.04. The largest absolute Gasteiger partial charge is 0.396 e. The fourth-order valence-corrected chi connectivity index (χ4v) is 2.10. The van der Waals surface area contributed by atoms with E-state index in [1.54, 1.807) is 0 Å². The van der Waals surface area contributed by atoms with Crippen LogP contribution in [0.3, 0.4) is 0 Å². The van der Waals surface area contributed by atoms with E-state index in [1.165, 1.54) is 19.3 Å². The highest BCUT2D eigenvalue weighted by Gasteiger charge is 2.01. The summed E-state index contributed by atoms with van der Waals surface area (Å²) in [5.41, 5.74) is 0. The Labute approximate surface area is 112 Å². The number of Topliss-reactive ketones (excluding diaryl/α,β-unsaturated/α-hetero) is 1. The van der Waals surface area contributed by atoms with Crippen LogP contribution in [0, 0.1) is 0 Å². The molecule has 0 aromatic carbocycles. The van der Waals surface area contributed by atoms with Crippen LogP contribution in [-0.2, 0) is 4.79 Å². The number of aliphatic hydroxyl groups excluding tert-OH is 1. The molecular weight excluding hydrogens is 232 g/mol. The van der Waals surface area contributed by atoms with E-state index < -0.39 is 0 Å². The summed E-state index contributed by atoms with van der Waals surface area (Å²) in [7, 11) is 0. The van der Waals surface area contributed by atoms with Crippen molar-refractivity contribution in [2.24, 2.45) is 0 Å². The highest BCUT2D eigenvalue weighted by molar-refractivity contribution is 7.80. The van der Waals surface area contributed by atoms with Crippen molar-refractivity contribution in [2.75, 3.05) is 12.4 Å². The number of carbonyl (C=O) groups is 1. The van der Waals surface area contributed by atoms with Crippen LogP contribution >= 0.6 is 12.6 Å². The fraction of sp³-hybridized carbons (Fsp3) is 0.929. The van der Waals surface area contributed by atoms with E-state index in [-0.39, 0.29) is 0 Å². The van der Waals surface area contributed by atoms with Crippen LogP contribution < -0.4 is 0 Å². The molecule has 0 spiro atoms. The normalized spacial score (nSPS) is 10.7. The molecule has 1 N–H and O–H groups in total. The molecule has 0 saturated heterocycles. The second-order valence-corrected chi connectivity index (χ2v) is 5.12. The molecule has 3 heteroatoms. The summed E-state index contributed by atoms with van der Waals surface area (Å²) in [5.74, 6) is 1.39. The van der Waals surface area contributed by atoms with E-state index >= 15 is 0 Å². The number of thiol groups is 1. The molecule has 0 heterocycles. The molecule has 0 bridgehead atoms. The number of aliphatic hydroxyl groups is 1. The molecule has 0 atom stereocenters. The highest BCUT2D eigenvalue weighted by atomic mass is 32.1. The zero-order chi connectivity index (χ0) is 12.8. The minimum Gasteiger partial charge on any atom is -0.396 e. The average molecular weight is 260 g/mol. The molecule has 102 valence electrons.